The maximum Gasteiger partial charge on any atom is 0.237 e. The number of carbonyl (C=O) groups is 1. The number of likely N-dealkylation sites (N-methyl/N-ethyl adjacent to an activating group) is 2. The SMILES string of the molecule is C=CC(O)N(C)[C@@H](C)C(=O)NCCN(C)c1cc(Nc2ncc(-c3ccncc3)s2)nc(C)n1. The van der Waals surface area contributed by atoms with Gasteiger partial charge in [-0.05, 0) is 44.7 Å². The number of nitrogens with zero attached hydrogens (tertiary/aromatic N) is 6. The molecule has 3 N–H and O–H groups in total. The number of aryl methyl sites for hydroxylation is 1. The predicted octanol–water partition coefficient (Wildman–Crippen LogP) is 2.42. The fraction of sp³-hybridized carbons (Fsp3) is 0.348. The first-order chi connectivity index (χ1) is 16.3. The number of amides is 1. The van der Waals surface area contributed by atoms with Gasteiger partial charge in [0.05, 0.1) is 10.9 Å². The van der Waals surface area contributed by atoms with Crippen molar-refractivity contribution in [2.45, 2.75) is 26.1 Å². The van der Waals surface area contributed by atoms with Crippen molar-refractivity contribution in [2.24, 2.45) is 0 Å². The molecule has 1 unspecified atom stereocenters. The van der Waals surface area contributed by atoms with E-state index in [0.717, 1.165) is 21.4 Å². The van der Waals surface area contributed by atoms with Crippen LogP contribution in [-0.4, -0.2) is 75.3 Å². The molecular formula is C23H30N8O2S. The zero-order valence-corrected chi connectivity index (χ0v) is 20.6. The molecule has 0 aliphatic rings. The topological polar surface area (TPSA) is 119 Å². The van der Waals surface area contributed by atoms with Crippen LogP contribution in [0.4, 0.5) is 16.8 Å². The quantitative estimate of drug-likeness (QED) is 0.280. The Kier molecular flexibility index (Phi) is 8.63. The maximum atomic E-state index is 12.4. The van der Waals surface area contributed by atoms with Gasteiger partial charge in [-0.2, -0.15) is 0 Å². The molecule has 0 bridgehead atoms. The monoisotopic (exact) mass is 482 g/mol. The average molecular weight is 483 g/mol. The molecule has 3 aromatic heterocycles. The van der Waals surface area contributed by atoms with Crippen LogP contribution >= 0.6 is 11.3 Å². The first-order valence-corrected chi connectivity index (χ1v) is 11.6. The molecule has 0 radical (unpaired) electrons. The smallest absolute Gasteiger partial charge is 0.237 e. The van der Waals surface area contributed by atoms with Crippen LogP contribution in [0.5, 0.6) is 0 Å². The summed E-state index contributed by atoms with van der Waals surface area (Å²) in [4.78, 5) is 34.4. The summed E-state index contributed by atoms with van der Waals surface area (Å²) in [6.07, 6.45) is 5.83. The van der Waals surface area contributed by atoms with E-state index in [1.165, 1.54) is 22.3 Å². The van der Waals surface area contributed by atoms with Gasteiger partial charge in [0, 0.05) is 44.8 Å². The Morgan fingerprint density at radius 2 is 2.03 bits per heavy atom. The highest BCUT2D eigenvalue weighted by molar-refractivity contribution is 7.18. The van der Waals surface area contributed by atoms with Crippen molar-refractivity contribution in [1.29, 1.82) is 0 Å². The van der Waals surface area contributed by atoms with E-state index in [4.69, 9.17) is 0 Å². The lowest BCUT2D eigenvalue weighted by Crippen LogP contribution is -2.48. The Balaban J connectivity index is 1.58. The van der Waals surface area contributed by atoms with Crippen molar-refractivity contribution in [1.82, 2.24) is 30.2 Å². The highest BCUT2D eigenvalue weighted by Crippen LogP contribution is 2.30. The molecule has 34 heavy (non-hydrogen) atoms. The lowest BCUT2D eigenvalue weighted by Gasteiger charge is -2.27. The molecule has 0 spiro atoms. The molecule has 0 aliphatic carbocycles. The van der Waals surface area contributed by atoms with E-state index >= 15 is 0 Å². The van der Waals surface area contributed by atoms with Crippen molar-refractivity contribution < 1.29 is 9.90 Å². The molecule has 11 heteroatoms. The van der Waals surface area contributed by atoms with Crippen molar-refractivity contribution >= 4 is 34.0 Å². The van der Waals surface area contributed by atoms with Gasteiger partial charge in [0.25, 0.3) is 0 Å². The number of rotatable bonds is 11. The number of hydrogen-bond acceptors (Lipinski definition) is 10. The number of carbonyl (C=O) groups excluding carboxylic acids is 1. The van der Waals surface area contributed by atoms with Gasteiger partial charge in [-0.25, -0.2) is 15.0 Å². The number of thiazole rings is 1. The van der Waals surface area contributed by atoms with E-state index in [1.54, 1.807) is 26.4 Å². The Morgan fingerprint density at radius 1 is 1.29 bits per heavy atom. The summed E-state index contributed by atoms with van der Waals surface area (Å²) in [6, 6.07) is 5.24. The first-order valence-electron chi connectivity index (χ1n) is 10.8. The van der Waals surface area contributed by atoms with Crippen LogP contribution in [0.15, 0.2) is 49.4 Å². The molecule has 180 valence electrons. The molecule has 0 saturated heterocycles. The van der Waals surface area contributed by atoms with Crippen LogP contribution in [0.2, 0.25) is 0 Å². The Labute approximate surface area is 203 Å². The van der Waals surface area contributed by atoms with Gasteiger partial charge in [0.1, 0.15) is 23.7 Å². The fourth-order valence-electron chi connectivity index (χ4n) is 3.09. The second-order valence-electron chi connectivity index (χ2n) is 7.75. The summed E-state index contributed by atoms with van der Waals surface area (Å²) in [6.45, 7) is 8.08. The van der Waals surface area contributed by atoms with Gasteiger partial charge in [-0.3, -0.25) is 14.7 Å². The molecule has 3 aromatic rings. The lowest BCUT2D eigenvalue weighted by molar-refractivity contribution is -0.128. The first kappa shape index (κ1) is 25.2. The lowest BCUT2D eigenvalue weighted by atomic mass is 10.2. The Hall–Kier alpha value is -3.41. The summed E-state index contributed by atoms with van der Waals surface area (Å²) in [5.41, 5.74) is 1.06. The zero-order valence-electron chi connectivity index (χ0n) is 19.8. The van der Waals surface area contributed by atoms with Crippen LogP contribution in [-0.2, 0) is 4.79 Å². The number of anilines is 3. The molecular weight excluding hydrogens is 452 g/mol. The van der Waals surface area contributed by atoms with E-state index in [9.17, 15) is 9.90 Å². The zero-order chi connectivity index (χ0) is 24.7. The number of aliphatic hydroxyl groups is 1. The molecule has 0 aromatic carbocycles. The van der Waals surface area contributed by atoms with Crippen molar-refractivity contribution in [3.8, 4) is 10.4 Å². The molecule has 2 atom stereocenters. The number of pyridine rings is 1. The predicted molar refractivity (Wildman–Crippen MR) is 135 cm³/mol. The van der Waals surface area contributed by atoms with Gasteiger partial charge in [0.2, 0.25) is 5.91 Å². The summed E-state index contributed by atoms with van der Waals surface area (Å²) in [7, 11) is 3.57. The highest BCUT2D eigenvalue weighted by atomic mass is 32.1. The van der Waals surface area contributed by atoms with Crippen molar-refractivity contribution in [3.05, 3.63) is 55.3 Å². The van der Waals surface area contributed by atoms with Gasteiger partial charge >= 0.3 is 0 Å². The largest absolute Gasteiger partial charge is 0.375 e. The third-order valence-corrected chi connectivity index (χ3v) is 6.25. The highest BCUT2D eigenvalue weighted by Gasteiger charge is 2.21. The van der Waals surface area contributed by atoms with E-state index in [-0.39, 0.29) is 5.91 Å². The minimum absolute atomic E-state index is 0.174. The van der Waals surface area contributed by atoms with Crippen LogP contribution < -0.4 is 15.5 Å². The van der Waals surface area contributed by atoms with Gasteiger partial charge in [-0.15, -0.1) is 0 Å². The third kappa shape index (κ3) is 6.56. The molecule has 3 heterocycles. The molecule has 3 rings (SSSR count). The van der Waals surface area contributed by atoms with Crippen LogP contribution in [0.25, 0.3) is 10.4 Å². The molecule has 0 fully saturated rings. The van der Waals surface area contributed by atoms with Gasteiger partial charge < -0.3 is 20.6 Å². The molecule has 0 saturated carbocycles. The standard InChI is InChI=1S/C23H30N8O2S/c1-6-21(32)31(5)15(2)22(33)25-11-12-30(4)20-13-19(27-16(3)28-20)29-23-26-14-18(34-23)17-7-9-24-10-8-17/h6-10,13-15,21,32H,1,11-12H2,2-5H3,(H,25,33)(H,26,27,28,29)/t15-,21?/m0/s1. The Morgan fingerprint density at radius 3 is 2.74 bits per heavy atom. The third-order valence-electron chi connectivity index (χ3n) is 5.29. The summed E-state index contributed by atoms with van der Waals surface area (Å²) >= 11 is 1.53. The minimum Gasteiger partial charge on any atom is -0.375 e. The van der Waals surface area contributed by atoms with E-state index in [2.05, 4.69) is 37.1 Å². The second-order valence-corrected chi connectivity index (χ2v) is 8.78. The Bertz CT molecular complexity index is 1110. The number of aromatic nitrogens is 4. The van der Waals surface area contributed by atoms with E-state index in [1.807, 2.05) is 43.3 Å². The fourth-order valence-corrected chi connectivity index (χ4v) is 3.92. The molecule has 0 aliphatic heterocycles. The van der Waals surface area contributed by atoms with Crippen LogP contribution in [0.1, 0.15) is 12.7 Å². The van der Waals surface area contributed by atoms with Crippen molar-refractivity contribution in [2.75, 3.05) is 37.4 Å². The summed E-state index contributed by atoms with van der Waals surface area (Å²) in [5, 5.41) is 16.7. The average Bonchev–Trinajstić information content (AvgIpc) is 3.31. The van der Waals surface area contributed by atoms with E-state index < -0.39 is 12.3 Å². The summed E-state index contributed by atoms with van der Waals surface area (Å²) in [5.74, 6) is 1.81. The number of aliphatic hydroxyl groups excluding tert-OH is 1. The second kappa shape index (κ2) is 11.6. The summed E-state index contributed by atoms with van der Waals surface area (Å²) < 4.78 is 0. The number of nitrogens with one attached hydrogen (secondary N) is 2. The van der Waals surface area contributed by atoms with Crippen molar-refractivity contribution in [3.63, 3.8) is 0 Å². The normalized spacial score (nSPS) is 12.8. The van der Waals surface area contributed by atoms with Crippen LogP contribution in [0, 0.1) is 6.92 Å². The van der Waals surface area contributed by atoms with Crippen LogP contribution in [0.3, 0.4) is 0 Å². The van der Waals surface area contributed by atoms with E-state index in [0.29, 0.717) is 24.7 Å². The number of hydrogen-bond donors (Lipinski definition) is 3. The molecule has 1 amide bonds. The maximum absolute atomic E-state index is 12.4. The molecule has 10 nitrogen and oxygen atoms in total. The minimum atomic E-state index is -0.878. The van der Waals surface area contributed by atoms with Gasteiger partial charge in [0.15, 0.2) is 5.13 Å². The van der Waals surface area contributed by atoms with Gasteiger partial charge in [-0.1, -0.05) is 17.9 Å².